The fraction of sp³-hybridized carbons (Fsp3) is 0.471. The normalized spacial score (nSPS) is 19.7. The van der Waals surface area contributed by atoms with Crippen molar-refractivity contribution in [2.45, 2.75) is 38.9 Å². The minimum Gasteiger partial charge on any atom is -0.400 e. The van der Waals surface area contributed by atoms with Crippen LogP contribution in [0.5, 0.6) is 0 Å². The second-order valence-electron chi connectivity index (χ2n) is 6.76. The van der Waals surface area contributed by atoms with Gasteiger partial charge in [0.05, 0.1) is 22.5 Å². The molecule has 3 N–H and O–H groups in total. The average molecular weight is 313 g/mol. The van der Waals surface area contributed by atoms with Crippen molar-refractivity contribution in [3.05, 3.63) is 34.8 Å². The first-order valence-electron chi connectivity index (χ1n) is 7.71. The summed E-state index contributed by atoms with van der Waals surface area (Å²) in [6, 6.07) is 7.59. The summed E-state index contributed by atoms with van der Waals surface area (Å²) in [7, 11) is 1.41. The van der Waals surface area contributed by atoms with Crippen LogP contribution in [0.15, 0.2) is 23.7 Å². The maximum atomic E-state index is 9.34. The lowest BCUT2D eigenvalue weighted by Crippen LogP contribution is -2.41. The van der Waals surface area contributed by atoms with Crippen molar-refractivity contribution in [3.8, 4) is 6.07 Å². The fourth-order valence-electron chi connectivity index (χ4n) is 2.44. The van der Waals surface area contributed by atoms with Crippen molar-refractivity contribution in [3.63, 3.8) is 0 Å². The predicted octanol–water partition coefficient (Wildman–Crippen LogP) is 2.37. The van der Waals surface area contributed by atoms with Crippen molar-refractivity contribution in [1.82, 2.24) is 5.32 Å². The number of anilines is 1. The van der Waals surface area contributed by atoms with Crippen LogP contribution in [0.3, 0.4) is 0 Å². The molecule has 0 unspecified atom stereocenters. The van der Waals surface area contributed by atoms with Gasteiger partial charge in [-0.25, -0.2) is 0 Å². The molecule has 2 rings (SSSR count). The Bertz CT molecular complexity index is 646. The van der Waals surface area contributed by atoms with Gasteiger partial charge >= 0.3 is 7.12 Å². The Morgan fingerprint density at radius 1 is 1.30 bits per heavy atom. The topological polar surface area (TPSA) is 80.3 Å². The third-order valence-electron chi connectivity index (χ3n) is 4.52. The van der Waals surface area contributed by atoms with Crippen LogP contribution < -0.4 is 11.1 Å². The number of nitrogens with one attached hydrogen (secondary N) is 1. The number of hydrogen-bond donors (Lipinski definition) is 2. The largest absolute Gasteiger partial charge is 0.491 e. The van der Waals surface area contributed by atoms with Gasteiger partial charge in [-0.15, -0.1) is 0 Å². The summed E-state index contributed by atoms with van der Waals surface area (Å²) < 4.78 is 12.2. The highest BCUT2D eigenvalue weighted by molar-refractivity contribution is 6.56. The molecule has 0 aliphatic carbocycles. The fourth-order valence-corrected chi connectivity index (χ4v) is 2.44. The highest BCUT2D eigenvalue weighted by Crippen LogP contribution is 2.38. The second kappa shape index (κ2) is 6.36. The van der Waals surface area contributed by atoms with Crippen molar-refractivity contribution < 1.29 is 9.31 Å². The Hall–Kier alpha value is -1.81. The zero-order valence-corrected chi connectivity index (χ0v) is 14.4. The van der Waals surface area contributed by atoms with E-state index in [0.717, 1.165) is 11.0 Å². The maximum absolute atomic E-state index is 9.34. The molecule has 0 aromatic heterocycles. The van der Waals surface area contributed by atoms with Gasteiger partial charge in [-0.3, -0.25) is 0 Å². The smallest absolute Gasteiger partial charge is 0.400 e. The van der Waals surface area contributed by atoms with Gasteiger partial charge in [0.1, 0.15) is 6.07 Å². The molecule has 23 heavy (non-hydrogen) atoms. The van der Waals surface area contributed by atoms with Gasteiger partial charge in [0, 0.05) is 6.54 Å². The molecule has 1 heterocycles. The van der Waals surface area contributed by atoms with Gasteiger partial charge < -0.3 is 20.4 Å². The average Bonchev–Trinajstić information content (AvgIpc) is 2.67. The number of nitrogen functional groups attached to an aromatic ring is 1. The van der Waals surface area contributed by atoms with Crippen LogP contribution in [0.2, 0.25) is 0 Å². The van der Waals surface area contributed by atoms with E-state index in [1.165, 1.54) is 0 Å². The molecular formula is C17H24BN3O2. The molecule has 0 bridgehead atoms. The highest BCUT2D eigenvalue weighted by atomic mass is 16.7. The molecule has 1 aromatic rings. The number of rotatable bonds is 4. The van der Waals surface area contributed by atoms with Gasteiger partial charge in [-0.05, 0) is 51.8 Å². The molecule has 0 saturated carbocycles. The van der Waals surface area contributed by atoms with Crippen molar-refractivity contribution >= 4 is 18.9 Å². The quantitative estimate of drug-likeness (QED) is 0.659. The summed E-state index contributed by atoms with van der Waals surface area (Å²) in [5.41, 5.74) is 7.72. The van der Waals surface area contributed by atoms with Gasteiger partial charge in [-0.1, -0.05) is 18.2 Å². The molecule has 6 heteroatoms. The summed E-state index contributed by atoms with van der Waals surface area (Å²) in [6.07, 6.45) is 1.92. The van der Waals surface area contributed by atoms with Crippen molar-refractivity contribution in [2.75, 3.05) is 19.3 Å². The highest BCUT2D eigenvalue weighted by Gasteiger charge is 2.52. The van der Waals surface area contributed by atoms with E-state index in [9.17, 15) is 5.26 Å². The van der Waals surface area contributed by atoms with E-state index >= 15 is 0 Å². The third kappa shape index (κ3) is 3.42. The van der Waals surface area contributed by atoms with Crippen LogP contribution in [0.4, 0.5) is 5.69 Å². The molecule has 0 amide bonds. The number of likely N-dealkylation sites (N-methyl/N-ethyl adjacent to an activating group) is 1. The summed E-state index contributed by atoms with van der Waals surface area (Å²) in [5.74, 6) is 0. The van der Waals surface area contributed by atoms with E-state index in [1.807, 2.05) is 53.0 Å². The molecule has 122 valence electrons. The Morgan fingerprint density at radius 2 is 1.91 bits per heavy atom. The molecule has 0 spiro atoms. The number of hydrogen-bond acceptors (Lipinski definition) is 5. The minimum absolute atomic E-state index is 0.404. The van der Waals surface area contributed by atoms with E-state index in [2.05, 4.69) is 11.4 Å². The third-order valence-corrected chi connectivity index (χ3v) is 4.52. The number of nitrogens with two attached hydrogens (primary N) is 1. The number of benzene rings is 1. The first-order valence-corrected chi connectivity index (χ1v) is 7.71. The minimum atomic E-state index is -0.458. The van der Waals surface area contributed by atoms with E-state index in [4.69, 9.17) is 15.0 Å². The lowest BCUT2D eigenvalue weighted by Gasteiger charge is -2.32. The second-order valence-corrected chi connectivity index (χ2v) is 6.76. The molecular weight excluding hydrogens is 289 g/mol. The Kier molecular flexibility index (Phi) is 4.85. The van der Waals surface area contributed by atoms with Crippen LogP contribution in [0.25, 0.3) is 6.08 Å². The van der Waals surface area contributed by atoms with Crippen LogP contribution in [-0.4, -0.2) is 31.9 Å². The SMILES string of the molecule is CNCC(=Cc1cccc(N)c1C#N)B1OC(C)(C)C(C)(C)O1. The molecule has 1 aliphatic rings. The summed E-state index contributed by atoms with van der Waals surface area (Å²) in [6.45, 7) is 8.67. The van der Waals surface area contributed by atoms with E-state index in [-0.39, 0.29) is 0 Å². The molecule has 1 saturated heterocycles. The standard InChI is InChI=1S/C17H24BN3O2/c1-16(2)17(3,4)23-18(22-16)13(11-21-5)9-12-7-6-8-15(20)14(12)10-19/h6-9,21H,11,20H2,1-5H3. The van der Waals surface area contributed by atoms with Gasteiger partial charge in [0.25, 0.3) is 0 Å². The summed E-state index contributed by atoms with van der Waals surface area (Å²) >= 11 is 0. The predicted molar refractivity (Wildman–Crippen MR) is 93.6 cm³/mol. The molecule has 1 aromatic carbocycles. The Morgan fingerprint density at radius 3 is 2.43 bits per heavy atom. The number of nitriles is 1. The lowest BCUT2D eigenvalue weighted by atomic mass is 9.76. The van der Waals surface area contributed by atoms with E-state index in [0.29, 0.717) is 17.8 Å². The number of nitrogens with zero attached hydrogens (tertiary/aromatic N) is 1. The van der Waals surface area contributed by atoms with Crippen molar-refractivity contribution in [1.29, 1.82) is 5.26 Å². The molecule has 0 radical (unpaired) electrons. The van der Waals surface area contributed by atoms with Gasteiger partial charge in [-0.2, -0.15) is 5.26 Å². The van der Waals surface area contributed by atoms with E-state index in [1.54, 1.807) is 6.07 Å². The van der Waals surface area contributed by atoms with Gasteiger partial charge in [0.15, 0.2) is 0 Å². The first kappa shape index (κ1) is 17.5. The Labute approximate surface area is 138 Å². The molecule has 1 fully saturated rings. The molecule has 0 atom stereocenters. The van der Waals surface area contributed by atoms with Crippen LogP contribution in [0.1, 0.15) is 38.8 Å². The van der Waals surface area contributed by atoms with Crippen LogP contribution in [0, 0.1) is 11.3 Å². The van der Waals surface area contributed by atoms with Gasteiger partial charge in [0.2, 0.25) is 0 Å². The zero-order valence-electron chi connectivity index (χ0n) is 14.4. The Balaban J connectivity index is 2.41. The molecule has 1 aliphatic heterocycles. The monoisotopic (exact) mass is 313 g/mol. The summed E-state index contributed by atoms with van der Waals surface area (Å²) in [5, 5.41) is 12.5. The zero-order chi connectivity index (χ0) is 17.3. The maximum Gasteiger partial charge on any atom is 0.491 e. The molecule has 5 nitrogen and oxygen atoms in total. The summed E-state index contributed by atoms with van der Waals surface area (Å²) in [4.78, 5) is 0. The van der Waals surface area contributed by atoms with Crippen LogP contribution in [-0.2, 0) is 9.31 Å². The van der Waals surface area contributed by atoms with Crippen LogP contribution >= 0.6 is 0 Å². The first-order chi connectivity index (χ1) is 10.7. The van der Waals surface area contributed by atoms with E-state index < -0.39 is 18.3 Å². The van der Waals surface area contributed by atoms with Crippen molar-refractivity contribution in [2.24, 2.45) is 0 Å². The lowest BCUT2D eigenvalue weighted by molar-refractivity contribution is 0.00578.